The highest BCUT2D eigenvalue weighted by Gasteiger charge is 2.37. The van der Waals surface area contributed by atoms with E-state index in [1.165, 1.54) is 11.1 Å². The molecule has 29 heavy (non-hydrogen) atoms. The Bertz CT molecular complexity index is 939. The number of hydrogen-bond donors (Lipinski definition) is 2. The van der Waals surface area contributed by atoms with Crippen LogP contribution in [0.3, 0.4) is 0 Å². The Hall–Kier alpha value is -1.96. The van der Waals surface area contributed by atoms with Crippen LogP contribution in [0.2, 0.25) is 5.02 Å². The molecular weight excluding hydrogens is 408 g/mol. The van der Waals surface area contributed by atoms with E-state index < -0.39 is 10.8 Å². The van der Waals surface area contributed by atoms with Gasteiger partial charge in [0.1, 0.15) is 5.82 Å². The summed E-state index contributed by atoms with van der Waals surface area (Å²) >= 11 is 5.99. The van der Waals surface area contributed by atoms with E-state index in [1.807, 2.05) is 24.3 Å². The molecule has 0 saturated heterocycles. The van der Waals surface area contributed by atoms with E-state index in [9.17, 15) is 9.32 Å². The van der Waals surface area contributed by atoms with E-state index in [-0.39, 0.29) is 12.1 Å². The van der Waals surface area contributed by atoms with Crippen LogP contribution in [0.25, 0.3) is 5.57 Å². The second kappa shape index (κ2) is 8.42. The van der Waals surface area contributed by atoms with Crippen LogP contribution in [0.15, 0.2) is 41.4 Å². The summed E-state index contributed by atoms with van der Waals surface area (Å²) in [6.07, 6.45) is 9.18. The number of aromatic nitrogens is 2. The van der Waals surface area contributed by atoms with Gasteiger partial charge in [0, 0.05) is 24.4 Å². The molecule has 0 unspecified atom stereocenters. The molecule has 1 saturated carbocycles. The van der Waals surface area contributed by atoms with Crippen molar-refractivity contribution in [3.8, 4) is 0 Å². The second-order valence-electron chi connectivity index (χ2n) is 7.69. The van der Waals surface area contributed by atoms with E-state index in [0.29, 0.717) is 23.2 Å². The third kappa shape index (κ3) is 4.32. The van der Waals surface area contributed by atoms with Gasteiger partial charge in [-0.15, -0.1) is 0 Å². The molecule has 1 aromatic heterocycles. The highest BCUT2D eigenvalue weighted by Crippen LogP contribution is 2.36. The summed E-state index contributed by atoms with van der Waals surface area (Å²) in [7, 11) is -1.21. The number of nitrogens with one attached hydrogen (secondary N) is 1. The van der Waals surface area contributed by atoms with Gasteiger partial charge in [-0.05, 0) is 49.0 Å². The van der Waals surface area contributed by atoms with Crippen molar-refractivity contribution in [3.63, 3.8) is 0 Å². The predicted octanol–water partition coefficient (Wildman–Crippen LogP) is 3.49. The molecule has 1 fully saturated rings. The Labute approximate surface area is 178 Å². The summed E-state index contributed by atoms with van der Waals surface area (Å²) in [6.45, 7) is 1.55. The molecule has 154 valence electrons. The minimum Gasteiger partial charge on any atom is -0.394 e. The van der Waals surface area contributed by atoms with Crippen molar-refractivity contribution >= 4 is 39.7 Å². The standard InChI is InChI=1S/C21H25ClN4O2S/c1-29(28)18-13-23-20(24-19(18)25-21(14-27)9-2-10-21)26-11-7-16(8-12-26)15-3-5-17(22)6-4-15/h3-7,13,27H,2,8-12,14H2,1H3,(H,23,24,25)/t29-/m1/s1. The Kier molecular flexibility index (Phi) is 5.90. The molecule has 2 aliphatic rings. The largest absolute Gasteiger partial charge is 0.394 e. The average molecular weight is 433 g/mol. The van der Waals surface area contributed by atoms with Gasteiger partial charge in [-0.3, -0.25) is 4.21 Å². The normalized spacial score (nSPS) is 19.3. The number of rotatable bonds is 6. The van der Waals surface area contributed by atoms with Gasteiger partial charge in [0.15, 0.2) is 0 Å². The summed E-state index contributed by atoms with van der Waals surface area (Å²) in [6, 6.07) is 7.90. The molecule has 1 aliphatic carbocycles. The van der Waals surface area contributed by atoms with Crippen molar-refractivity contribution in [3.05, 3.63) is 47.1 Å². The molecule has 1 aromatic carbocycles. The molecule has 2 heterocycles. The smallest absolute Gasteiger partial charge is 0.227 e. The fourth-order valence-electron chi connectivity index (χ4n) is 3.77. The Morgan fingerprint density at radius 2 is 2.07 bits per heavy atom. The van der Waals surface area contributed by atoms with Crippen molar-refractivity contribution in [1.29, 1.82) is 0 Å². The van der Waals surface area contributed by atoms with E-state index in [1.54, 1.807) is 12.5 Å². The molecule has 4 rings (SSSR count). The van der Waals surface area contributed by atoms with Gasteiger partial charge in [-0.1, -0.05) is 29.8 Å². The zero-order chi connectivity index (χ0) is 20.4. The zero-order valence-electron chi connectivity index (χ0n) is 16.4. The van der Waals surface area contributed by atoms with Gasteiger partial charge in [0.05, 0.1) is 34.0 Å². The number of aliphatic hydroxyl groups excluding tert-OH is 1. The Morgan fingerprint density at radius 3 is 2.62 bits per heavy atom. The minimum atomic E-state index is -1.21. The van der Waals surface area contributed by atoms with Crippen molar-refractivity contribution in [2.75, 3.05) is 36.2 Å². The summed E-state index contributed by atoms with van der Waals surface area (Å²) < 4.78 is 12.2. The second-order valence-corrected chi connectivity index (χ2v) is 9.47. The van der Waals surface area contributed by atoms with Crippen LogP contribution < -0.4 is 10.2 Å². The molecule has 0 spiro atoms. The van der Waals surface area contributed by atoms with Gasteiger partial charge in [0.25, 0.3) is 0 Å². The molecular formula is C21H25ClN4O2S. The Balaban J connectivity index is 1.55. The molecule has 2 N–H and O–H groups in total. The fraction of sp³-hybridized carbons (Fsp3) is 0.429. The third-order valence-corrected chi connectivity index (χ3v) is 6.93. The van der Waals surface area contributed by atoms with E-state index in [2.05, 4.69) is 21.3 Å². The van der Waals surface area contributed by atoms with Crippen LogP contribution >= 0.6 is 11.6 Å². The summed E-state index contributed by atoms with van der Waals surface area (Å²) in [5.74, 6) is 1.18. The van der Waals surface area contributed by atoms with Crippen molar-refractivity contribution < 1.29 is 9.32 Å². The molecule has 0 bridgehead atoms. The van der Waals surface area contributed by atoms with E-state index in [0.717, 1.165) is 37.3 Å². The topological polar surface area (TPSA) is 78.4 Å². The first-order valence-corrected chi connectivity index (χ1v) is 11.7. The monoisotopic (exact) mass is 432 g/mol. The molecule has 6 nitrogen and oxygen atoms in total. The lowest BCUT2D eigenvalue weighted by molar-refractivity contribution is 0.143. The first-order valence-electron chi connectivity index (χ1n) is 9.79. The number of hydrogen-bond acceptors (Lipinski definition) is 6. The van der Waals surface area contributed by atoms with Gasteiger partial charge < -0.3 is 15.3 Å². The van der Waals surface area contributed by atoms with Crippen LogP contribution in [0, 0.1) is 0 Å². The maximum atomic E-state index is 12.2. The minimum absolute atomic E-state index is 0.0407. The first kappa shape index (κ1) is 20.3. The number of halogens is 1. The molecule has 1 atom stereocenters. The van der Waals surface area contributed by atoms with Gasteiger partial charge >= 0.3 is 0 Å². The molecule has 2 aromatic rings. The van der Waals surface area contributed by atoms with E-state index >= 15 is 0 Å². The van der Waals surface area contributed by atoms with Crippen LogP contribution in [0.4, 0.5) is 11.8 Å². The lowest BCUT2D eigenvalue weighted by Gasteiger charge is -2.41. The summed E-state index contributed by atoms with van der Waals surface area (Å²) in [5.41, 5.74) is 2.11. The predicted molar refractivity (Wildman–Crippen MR) is 118 cm³/mol. The molecule has 8 heteroatoms. The summed E-state index contributed by atoms with van der Waals surface area (Å²) in [4.78, 5) is 11.8. The quantitative estimate of drug-likeness (QED) is 0.727. The fourth-order valence-corrected chi connectivity index (χ4v) is 4.46. The maximum Gasteiger partial charge on any atom is 0.227 e. The van der Waals surface area contributed by atoms with Gasteiger partial charge in [-0.2, -0.15) is 4.98 Å². The number of benzene rings is 1. The number of nitrogens with zero attached hydrogens (tertiary/aromatic N) is 3. The molecule has 0 radical (unpaired) electrons. The van der Waals surface area contributed by atoms with Crippen molar-refractivity contribution in [2.45, 2.75) is 36.1 Å². The Morgan fingerprint density at radius 1 is 1.31 bits per heavy atom. The maximum absolute atomic E-state index is 12.2. The van der Waals surface area contributed by atoms with Crippen LogP contribution in [-0.2, 0) is 10.8 Å². The first-order chi connectivity index (χ1) is 14.0. The lowest BCUT2D eigenvalue weighted by atomic mass is 9.77. The van der Waals surface area contributed by atoms with Crippen molar-refractivity contribution in [2.24, 2.45) is 0 Å². The lowest BCUT2D eigenvalue weighted by Crippen LogP contribution is -2.48. The number of anilines is 2. The third-order valence-electron chi connectivity index (χ3n) is 5.76. The van der Waals surface area contributed by atoms with Gasteiger partial charge in [-0.25, -0.2) is 4.98 Å². The highest BCUT2D eigenvalue weighted by molar-refractivity contribution is 7.84. The van der Waals surface area contributed by atoms with Crippen molar-refractivity contribution in [1.82, 2.24) is 9.97 Å². The molecule has 1 aliphatic heterocycles. The number of aliphatic hydroxyl groups is 1. The molecule has 0 amide bonds. The average Bonchev–Trinajstić information content (AvgIpc) is 2.71. The van der Waals surface area contributed by atoms with Crippen LogP contribution in [0.1, 0.15) is 31.2 Å². The SMILES string of the molecule is C[S@@](=O)c1cnc(N2CC=C(c3ccc(Cl)cc3)CC2)nc1NC1(CO)CCC1. The highest BCUT2D eigenvalue weighted by atomic mass is 35.5. The summed E-state index contributed by atoms with van der Waals surface area (Å²) in [5, 5.41) is 13.9. The van der Waals surface area contributed by atoms with E-state index in [4.69, 9.17) is 16.6 Å². The van der Waals surface area contributed by atoms with Gasteiger partial charge in [0.2, 0.25) is 5.95 Å². The van der Waals surface area contributed by atoms with Crippen LogP contribution in [-0.4, -0.2) is 50.8 Å². The van der Waals surface area contributed by atoms with Crippen LogP contribution in [0.5, 0.6) is 0 Å². The zero-order valence-corrected chi connectivity index (χ0v) is 18.0.